The maximum Gasteiger partial charge on any atom is 0.303 e. The minimum atomic E-state index is -0.852. The standard InChI is InChI=1S/C13H18N2O3/c1-9(6-13(17)18)8-15-12(16)7-10-2-4-11(14)5-3-10/h2-5,9H,6-8,14H2,1H3,(H,15,16)(H,17,18). The summed E-state index contributed by atoms with van der Waals surface area (Å²) in [5.74, 6) is -1.04. The minimum absolute atomic E-state index is 0.0577. The molecule has 1 aromatic rings. The van der Waals surface area contributed by atoms with Gasteiger partial charge in [-0.1, -0.05) is 19.1 Å². The third-order valence-corrected chi connectivity index (χ3v) is 2.52. The first-order chi connectivity index (χ1) is 8.47. The van der Waals surface area contributed by atoms with Crippen molar-refractivity contribution < 1.29 is 14.7 Å². The van der Waals surface area contributed by atoms with Crippen LogP contribution in [-0.2, 0) is 16.0 Å². The average molecular weight is 250 g/mol. The normalized spacial score (nSPS) is 11.8. The zero-order valence-electron chi connectivity index (χ0n) is 10.3. The van der Waals surface area contributed by atoms with Crippen LogP contribution in [0.2, 0.25) is 0 Å². The number of anilines is 1. The van der Waals surface area contributed by atoms with Crippen molar-refractivity contribution in [2.24, 2.45) is 5.92 Å². The predicted octanol–water partition coefficient (Wildman–Crippen LogP) is 1.04. The summed E-state index contributed by atoms with van der Waals surface area (Å²) < 4.78 is 0. The molecule has 1 atom stereocenters. The monoisotopic (exact) mass is 250 g/mol. The number of amides is 1. The van der Waals surface area contributed by atoms with E-state index in [1.54, 1.807) is 31.2 Å². The molecule has 1 rings (SSSR count). The van der Waals surface area contributed by atoms with Gasteiger partial charge in [-0.05, 0) is 23.6 Å². The summed E-state index contributed by atoms with van der Waals surface area (Å²) >= 11 is 0. The second-order valence-corrected chi connectivity index (χ2v) is 4.43. The Labute approximate surface area is 106 Å². The molecule has 0 saturated heterocycles. The molecule has 5 heteroatoms. The van der Waals surface area contributed by atoms with Crippen LogP contribution in [0.15, 0.2) is 24.3 Å². The molecule has 0 heterocycles. The Bertz CT molecular complexity index is 415. The van der Waals surface area contributed by atoms with Crippen LogP contribution in [-0.4, -0.2) is 23.5 Å². The van der Waals surface area contributed by atoms with Gasteiger partial charge in [-0.3, -0.25) is 9.59 Å². The Hall–Kier alpha value is -2.04. The number of carbonyl (C=O) groups excluding carboxylic acids is 1. The molecule has 1 unspecified atom stereocenters. The number of hydrogen-bond donors (Lipinski definition) is 3. The molecule has 0 fully saturated rings. The third kappa shape index (κ3) is 5.34. The number of carboxylic acids is 1. The maximum atomic E-state index is 11.6. The average Bonchev–Trinajstić information content (AvgIpc) is 2.29. The van der Waals surface area contributed by atoms with Crippen molar-refractivity contribution in [2.75, 3.05) is 12.3 Å². The van der Waals surface area contributed by atoms with E-state index < -0.39 is 5.97 Å². The highest BCUT2D eigenvalue weighted by Gasteiger charge is 2.09. The van der Waals surface area contributed by atoms with E-state index in [1.807, 2.05) is 0 Å². The van der Waals surface area contributed by atoms with Crippen LogP contribution in [0.1, 0.15) is 18.9 Å². The van der Waals surface area contributed by atoms with Gasteiger partial charge in [-0.15, -0.1) is 0 Å². The van der Waals surface area contributed by atoms with Crippen molar-refractivity contribution in [2.45, 2.75) is 19.8 Å². The molecule has 0 bridgehead atoms. The number of nitrogen functional groups attached to an aromatic ring is 1. The van der Waals surface area contributed by atoms with Crippen LogP contribution in [0.4, 0.5) is 5.69 Å². The molecule has 0 saturated carbocycles. The van der Waals surface area contributed by atoms with Crippen LogP contribution in [0.25, 0.3) is 0 Å². The third-order valence-electron chi connectivity index (χ3n) is 2.52. The van der Waals surface area contributed by atoms with E-state index in [2.05, 4.69) is 5.32 Å². The summed E-state index contributed by atoms with van der Waals surface area (Å²) in [5.41, 5.74) is 7.09. The maximum absolute atomic E-state index is 11.6. The lowest BCUT2D eigenvalue weighted by molar-refractivity contribution is -0.138. The van der Waals surface area contributed by atoms with Crippen molar-refractivity contribution in [1.82, 2.24) is 5.32 Å². The highest BCUT2D eigenvalue weighted by atomic mass is 16.4. The van der Waals surface area contributed by atoms with Crippen molar-refractivity contribution in [3.63, 3.8) is 0 Å². The minimum Gasteiger partial charge on any atom is -0.481 e. The fourth-order valence-corrected chi connectivity index (χ4v) is 1.54. The molecular weight excluding hydrogens is 232 g/mol. The molecule has 0 spiro atoms. The summed E-state index contributed by atoms with van der Waals surface area (Å²) in [6, 6.07) is 7.09. The highest BCUT2D eigenvalue weighted by Crippen LogP contribution is 2.06. The largest absolute Gasteiger partial charge is 0.481 e. The van der Waals surface area contributed by atoms with Gasteiger partial charge in [0.05, 0.1) is 6.42 Å². The number of nitrogens with one attached hydrogen (secondary N) is 1. The van der Waals surface area contributed by atoms with Gasteiger partial charge in [-0.25, -0.2) is 0 Å². The Morgan fingerprint density at radius 2 is 1.94 bits per heavy atom. The van der Waals surface area contributed by atoms with E-state index in [4.69, 9.17) is 10.8 Å². The van der Waals surface area contributed by atoms with E-state index in [-0.39, 0.29) is 24.7 Å². The lowest BCUT2D eigenvalue weighted by atomic mass is 10.1. The number of rotatable bonds is 6. The fourth-order valence-electron chi connectivity index (χ4n) is 1.54. The van der Waals surface area contributed by atoms with Crippen LogP contribution in [0, 0.1) is 5.92 Å². The van der Waals surface area contributed by atoms with Gasteiger partial charge in [0.2, 0.25) is 5.91 Å². The first-order valence-corrected chi connectivity index (χ1v) is 5.80. The van der Waals surface area contributed by atoms with Crippen LogP contribution < -0.4 is 11.1 Å². The molecule has 1 amide bonds. The van der Waals surface area contributed by atoms with Crippen molar-refractivity contribution in [1.29, 1.82) is 0 Å². The quantitative estimate of drug-likeness (QED) is 0.658. The van der Waals surface area contributed by atoms with Gasteiger partial charge in [0.25, 0.3) is 0 Å². The summed E-state index contributed by atoms with van der Waals surface area (Å²) in [5, 5.41) is 11.3. The molecule has 1 aromatic carbocycles. The molecule has 5 nitrogen and oxygen atoms in total. The number of aliphatic carboxylic acids is 1. The number of carbonyl (C=O) groups is 2. The first-order valence-electron chi connectivity index (χ1n) is 5.80. The predicted molar refractivity (Wildman–Crippen MR) is 69.0 cm³/mol. The second kappa shape index (κ2) is 6.64. The SMILES string of the molecule is CC(CNC(=O)Cc1ccc(N)cc1)CC(=O)O. The number of hydrogen-bond acceptors (Lipinski definition) is 3. The smallest absolute Gasteiger partial charge is 0.303 e. The van der Waals surface area contributed by atoms with E-state index >= 15 is 0 Å². The molecular formula is C13H18N2O3. The highest BCUT2D eigenvalue weighted by molar-refractivity contribution is 5.78. The Morgan fingerprint density at radius 3 is 2.50 bits per heavy atom. The Balaban J connectivity index is 2.33. The van der Waals surface area contributed by atoms with E-state index in [0.717, 1.165) is 5.56 Å². The lowest BCUT2D eigenvalue weighted by Gasteiger charge is -2.10. The molecule has 18 heavy (non-hydrogen) atoms. The van der Waals surface area contributed by atoms with E-state index in [0.29, 0.717) is 12.2 Å². The Morgan fingerprint density at radius 1 is 1.33 bits per heavy atom. The van der Waals surface area contributed by atoms with E-state index in [1.165, 1.54) is 0 Å². The zero-order valence-corrected chi connectivity index (χ0v) is 10.3. The summed E-state index contributed by atoms with van der Waals surface area (Å²) in [6.45, 7) is 2.16. The van der Waals surface area contributed by atoms with Gasteiger partial charge in [0, 0.05) is 18.7 Å². The van der Waals surface area contributed by atoms with Crippen LogP contribution in [0.5, 0.6) is 0 Å². The molecule has 0 radical (unpaired) electrons. The van der Waals surface area contributed by atoms with Crippen LogP contribution >= 0.6 is 0 Å². The molecule has 0 aromatic heterocycles. The second-order valence-electron chi connectivity index (χ2n) is 4.43. The molecule has 98 valence electrons. The van der Waals surface area contributed by atoms with Gasteiger partial charge < -0.3 is 16.2 Å². The first kappa shape index (κ1) is 14.0. The lowest BCUT2D eigenvalue weighted by Crippen LogP contribution is -2.30. The van der Waals surface area contributed by atoms with E-state index in [9.17, 15) is 9.59 Å². The Kier molecular flexibility index (Phi) is 5.17. The van der Waals surface area contributed by atoms with Gasteiger partial charge in [0.15, 0.2) is 0 Å². The number of nitrogens with two attached hydrogens (primary N) is 1. The summed E-state index contributed by atoms with van der Waals surface area (Å²) in [4.78, 5) is 22.1. The van der Waals surface area contributed by atoms with Gasteiger partial charge in [0.1, 0.15) is 0 Å². The molecule has 0 aliphatic rings. The summed E-state index contributed by atoms with van der Waals surface area (Å²) in [6.07, 6.45) is 0.336. The molecule has 0 aliphatic carbocycles. The van der Waals surface area contributed by atoms with Crippen molar-refractivity contribution in [3.8, 4) is 0 Å². The fraction of sp³-hybridized carbons (Fsp3) is 0.385. The van der Waals surface area contributed by atoms with Crippen molar-refractivity contribution >= 4 is 17.6 Å². The van der Waals surface area contributed by atoms with Gasteiger partial charge >= 0.3 is 5.97 Å². The zero-order chi connectivity index (χ0) is 13.5. The summed E-state index contributed by atoms with van der Waals surface area (Å²) in [7, 11) is 0. The topological polar surface area (TPSA) is 92.4 Å². The number of benzene rings is 1. The molecule has 4 N–H and O–H groups in total. The molecule has 0 aliphatic heterocycles. The van der Waals surface area contributed by atoms with Crippen molar-refractivity contribution in [3.05, 3.63) is 29.8 Å². The number of carboxylic acid groups (broad SMARTS) is 1. The van der Waals surface area contributed by atoms with Crippen LogP contribution in [0.3, 0.4) is 0 Å². The van der Waals surface area contributed by atoms with Gasteiger partial charge in [-0.2, -0.15) is 0 Å².